The van der Waals surface area contributed by atoms with Crippen LogP contribution in [0.2, 0.25) is 0 Å². The molecule has 2 aliphatic rings. The summed E-state index contributed by atoms with van der Waals surface area (Å²) in [5.74, 6) is 0.447. The van der Waals surface area contributed by atoms with E-state index in [1.54, 1.807) is 7.11 Å². The smallest absolute Gasteiger partial charge is 0.228 e. The van der Waals surface area contributed by atoms with Gasteiger partial charge in [0.25, 0.3) is 0 Å². The van der Waals surface area contributed by atoms with Gasteiger partial charge in [-0.3, -0.25) is 9.80 Å². The molecular formula is C24H32N6O2. The van der Waals surface area contributed by atoms with Gasteiger partial charge in [-0.25, -0.2) is 9.97 Å². The van der Waals surface area contributed by atoms with Crippen molar-refractivity contribution < 1.29 is 9.84 Å². The summed E-state index contributed by atoms with van der Waals surface area (Å²) < 4.78 is 5.36. The van der Waals surface area contributed by atoms with Gasteiger partial charge in [0.2, 0.25) is 5.95 Å². The molecule has 1 aliphatic heterocycles. The van der Waals surface area contributed by atoms with Crippen LogP contribution in [0.15, 0.2) is 42.7 Å². The van der Waals surface area contributed by atoms with Gasteiger partial charge >= 0.3 is 0 Å². The molecule has 1 aromatic heterocycles. The van der Waals surface area contributed by atoms with Crippen LogP contribution >= 0.6 is 0 Å². The van der Waals surface area contributed by atoms with Crippen LogP contribution in [-0.4, -0.2) is 77.7 Å². The van der Waals surface area contributed by atoms with Crippen molar-refractivity contribution >= 4 is 5.95 Å². The molecule has 1 aliphatic carbocycles. The molecule has 1 saturated carbocycles. The molecule has 32 heavy (non-hydrogen) atoms. The van der Waals surface area contributed by atoms with E-state index < -0.39 is 6.35 Å². The standard InChI is InChI=1S/C24H32N6O2/c1-28(2)24(20-7-5-4-6-8-20)11-9-23(10-12-24)18-29(22(31)30(23)13-14-32-3)21-26-16-19(15-25)17-27-21/h4-8,16-17,22,31H,9-14,18H2,1-3H3/t22?,23-,24+. The van der Waals surface area contributed by atoms with E-state index in [1.807, 2.05) is 11.0 Å². The molecule has 170 valence electrons. The van der Waals surface area contributed by atoms with Crippen molar-refractivity contribution in [2.75, 3.05) is 45.8 Å². The molecule has 0 amide bonds. The quantitative estimate of drug-likeness (QED) is 0.737. The maximum absolute atomic E-state index is 11.3. The first-order chi connectivity index (χ1) is 15.5. The maximum Gasteiger partial charge on any atom is 0.228 e. The van der Waals surface area contributed by atoms with Crippen molar-refractivity contribution in [3.63, 3.8) is 0 Å². The molecule has 8 heteroatoms. The van der Waals surface area contributed by atoms with E-state index >= 15 is 0 Å². The summed E-state index contributed by atoms with van der Waals surface area (Å²) in [7, 11) is 6.01. The number of anilines is 1. The van der Waals surface area contributed by atoms with E-state index in [0.717, 1.165) is 25.7 Å². The third-order valence-electron chi connectivity index (χ3n) is 7.37. The van der Waals surface area contributed by atoms with Crippen molar-refractivity contribution in [3.05, 3.63) is 53.9 Å². The van der Waals surface area contributed by atoms with Crippen LogP contribution in [0.3, 0.4) is 0 Å². The number of aromatic nitrogens is 2. The van der Waals surface area contributed by atoms with E-state index in [-0.39, 0.29) is 11.1 Å². The zero-order valence-corrected chi connectivity index (χ0v) is 19.1. The molecule has 0 bridgehead atoms. The van der Waals surface area contributed by atoms with Crippen LogP contribution in [0.1, 0.15) is 36.8 Å². The molecule has 1 unspecified atom stereocenters. The number of aliphatic hydroxyl groups excluding tert-OH is 1. The first-order valence-corrected chi connectivity index (χ1v) is 11.1. The highest BCUT2D eigenvalue weighted by Crippen LogP contribution is 2.49. The van der Waals surface area contributed by atoms with Gasteiger partial charge < -0.3 is 14.7 Å². The molecule has 1 spiro atoms. The fraction of sp³-hybridized carbons (Fsp3) is 0.542. The van der Waals surface area contributed by atoms with Crippen molar-refractivity contribution in [2.24, 2.45) is 0 Å². The number of benzene rings is 1. The van der Waals surface area contributed by atoms with Crippen LogP contribution in [-0.2, 0) is 10.3 Å². The molecule has 4 rings (SSSR count). The largest absolute Gasteiger partial charge is 0.383 e. The molecule has 2 aromatic rings. The number of hydrogen-bond acceptors (Lipinski definition) is 8. The second kappa shape index (κ2) is 9.12. The summed E-state index contributed by atoms with van der Waals surface area (Å²) in [6, 6.07) is 12.8. The zero-order chi connectivity index (χ0) is 22.8. The minimum atomic E-state index is -0.832. The SMILES string of the molecule is COCCN1C(O)N(c2ncc(C#N)cn2)C[C@]12CC[C@](c1ccccc1)(N(C)C)CC2. The normalized spacial score (nSPS) is 28.4. The number of methoxy groups -OCH3 is 1. The van der Waals surface area contributed by atoms with Gasteiger partial charge in [0.1, 0.15) is 6.07 Å². The lowest BCUT2D eigenvalue weighted by atomic mass is 9.68. The van der Waals surface area contributed by atoms with Crippen LogP contribution in [0.5, 0.6) is 0 Å². The highest BCUT2D eigenvalue weighted by molar-refractivity contribution is 5.38. The fourth-order valence-electron chi connectivity index (χ4n) is 5.46. The Morgan fingerprint density at radius 3 is 2.38 bits per heavy atom. The Balaban J connectivity index is 1.62. The fourth-order valence-corrected chi connectivity index (χ4v) is 5.46. The van der Waals surface area contributed by atoms with E-state index in [9.17, 15) is 5.11 Å². The van der Waals surface area contributed by atoms with Crippen molar-refractivity contribution in [2.45, 2.75) is 43.1 Å². The third-order valence-corrected chi connectivity index (χ3v) is 7.37. The average Bonchev–Trinajstić information content (AvgIpc) is 3.09. The molecule has 2 fully saturated rings. The number of nitriles is 1. The number of rotatable bonds is 6. The molecule has 1 aromatic carbocycles. The summed E-state index contributed by atoms with van der Waals surface area (Å²) in [5, 5.41) is 20.3. The molecule has 1 atom stereocenters. The molecule has 1 saturated heterocycles. The van der Waals surface area contributed by atoms with Crippen LogP contribution in [0.4, 0.5) is 5.95 Å². The summed E-state index contributed by atoms with van der Waals surface area (Å²) >= 11 is 0. The predicted octanol–water partition coefficient (Wildman–Crippen LogP) is 2.16. The second-order valence-corrected chi connectivity index (χ2v) is 9.06. The Kier molecular flexibility index (Phi) is 6.45. The van der Waals surface area contributed by atoms with Gasteiger partial charge in [0, 0.05) is 31.3 Å². The maximum atomic E-state index is 11.3. The Labute approximate surface area is 190 Å². The Bertz CT molecular complexity index is 935. The third kappa shape index (κ3) is 3.86. The minimum absolute atomic E-state index is 0.0250. The number of aliphatic hydroxyl groups is 1. The van der Waals surface area contributed by atoms with E-state index in [2.05, 4.69) is 64.2 Å². The van der Waals surface area contributed by atoms with Crippen molar-refractivity contribution in [1.29, 1.82) is 5.26 Å². The van der Waals surface area contributed by atoms with Gasteiger partial charge in [-0.05, 0) is 45.3 Å². The van der Waals surface area contributed by atoms with Gasteiger partial charge in [-0.2, -0.15) is 5.26 Å². The summed E-state index contributed by atoms with van der Waals surface area (Å²) in [4.78, 5) is 15.0. The van der Waals surface area contributed by atoms with E-state index in [4.69, 9.17) is 10.00 Å². The molecule has 8 nitrogen and oxygen atoms in total. The van der Waals surface area contributed by atoms with Crippen molar-refractivity contribution in [3.8, 4) is 6.07 Å². The molecular weight excluding hydrogens is 404 g/mol. The Morgan fingerprint density at radius 2 is 1.81 bits per heavy atom. The molecule has 1 N–H and O–H groups in total. The zero-order valence-electron chi connectivity index (χ0n) is 19.1. The Hall–Kier alpha value is -2.57. The van der Waals surface area contributed by atoms with E-state index in [1.165, 1.54) is 18.0 Å². The monoisotopic (exact) mass is 436 g/mol. The lowest BCUT2D eigenvalue weighted by molar-refractivity contribution is -0.0619. The predicted molar refractivity (Wildman–Crippen MR) is 122 cm³/mol. The highest BCUT2D eigenvalue weighted by atomic mass is 16.5. The topological polar surface area (TPSA) is 88.8 Å². The van der Waals surface area contributed by atoms with Crippen LogP contribution in [0, 0.1) is 11.3 Å². The molecule has 0 radical (unpaired) electrons. The molecule has 2 heterocycles. The number of ether oxygens (including phenoxy) is 1. The average molecular weight is 437 g/mol. The summed E-state index contributed by atoms with van der Waals surface area (Å²) in [6.45, 7) is 1.81. The minimum Gasteiger partial charge on any atom is -0.383 e. The van der Waals surface area contributed by atoms with Crippen LogP contribution < -0.4 is 4.90 Å². The Morgan fingerprint density at radius 1 is 1.16 bits per heavy atom. The first-order valence-electron chi connectivity index (χ1n) is 11.1. The summed E-state index contributed by atoms with van der Waals surface area (Å²) in [6.07, 6.45) is 6.03. The highest BCUT2D eigenvalue weighted by Gasteiger charge is 2.55. The van der Waals surface area contributed by atoms with Crippen molar-refractivity contribution in [1.82, 2.24) is 19.8 Å². The lowest BCUT2D eigenvalue weighted by Gasteiger charge is -2.51. The summed E-state index contributed by atoms with van der Waals surface area (Å²) in [5.41, 5.74) is 1.53. The van der Waals surface area contributed by atoms with Crippen LogP contribution in [0.25, 0.3) is 0 Å². The number of nitrogens with zero attached hydrogens (tertiary/aromatic N) is 6. The van der Waals surface area contributed by atoms with Gasteiger partial charge in [-0.15, -0.1) is 0 Å². The van der Waals surface area contributed by atoms with Gasteiger partial charge in [-0.1, -0.05) is 30.3 Å². The lowest BCUT2D eigenvalue weighted by Crippen LogP contribution is -2.56. The second-order valence-electron chi connectivity index (χ2n) is 9.06. The van der Waals surface area contributed by atoms with E-state index in [0.29, 0.717) is 31.2 Å². The first kappa shape index (κ1) is 22.6. The van der Waals surface area contributed by atoms with Gasteiger partial charge in [0.05, 0.1) is 24.6 Å². The van der Waals surface area contributed by atoms with Gasteiger partial charge in [0.15, 0.2) is 6.35 Å². The number of hydrogen-bond donors (Lipinski definition) is 1.